The van der Waals surface area contributed by atoms with Gasteiger partial charge in [0, 0.05) is 12.4 Å². The summed E-state index contributed by atoms with van der Waals surface area (Å²) in [6.45, 7) is 0.182. The lowest BCUT2D eigenvalue weighted by molar-refractivity contribution is 0.161. The van der Waals surface area contributed by atoms with Crippen molar-refractivity contribution in [1.29, 1.82) is 0 Å². The first-order valence-electron chi connectivity index (χ1n) is 4.21. The van der Waals surface area contributed by atoms with E-state index >= 15 is 0 Å². The van der Waals surface area contributed by atoms with Gasteiger partial charge in [0.05, 0.1) is 12.2 Å². The molecule has 78 valence electrons. The molecule has 6 heteroatoms. The van der Waals surface area contributed by atoms with Crippen LogP contribution in [0.5, 0.6) is 0 Å². The number of carbonyl (C=O) groups is 2. The maximum absolute atomic E-state index is 10.7. The van der Waals surface area contributed by atoms with Gasteiger partial charge in [0.25, 0.3) is 0 Å². The average molecular weight is 208 g/mol. The lowest BCUT2D eigenvalue weighted by Crippen LogP contribution is -2.25. The third-order valence-electron chi connectivity index (χ3n) is 2.22. The molecule has 1 aromatic heterocycles. The maximum Gasteiger partial charge on any atom is 0.415 e. The fraction of sp³-hybridized carbons (Fsp3) is 0.111. The highest BCUT2D eigenvalue weighted by Gasteiger charge is 2.19. The Morgan fingerprint density at radius 1 is 1.27 bits per heavy atom. The van der Waals surface area contributed by atoms with Crippen molar-refractivity contribution < 1.29 is 19.8 Å². The zero-order valence-corrected chi connectivity index (χ0v) is 7.62. The van der Waals surface area contributed by atoms with E-state index < -0.39 is 12.2 Å². The SMILES string of the molecule is O=C(O)N1C=Cc2c(ccn2C(=O)O)C1. The molecule has 0 aliphatic carbocycles. The van der Waals surface area contributed by atoms with E-state index in [1.165, 1.54) is 18.5 Å². The van der Waals surface area contributed by atoms with Gasteiger partial charge in [0.1, 0.15) is 0 Å². The normalized spacial score (nSPS) is 13.7. The van der Waals surface area contributed by atoms with Crippen LogP contribution in [0.15, 0.2) is 18.5 Å². The summed E-state index contributed by atoms with van der Waals surface area (Å²) >= 11 is 0. The van der Waals surface area contributed by atoms with Gasteiger partial charge in [-0.1, -0.05) is 0 Å². The fourth-order valence-electron chi connectivity index (χ4n) is 1.50. The van der Waals surface area contributed by atoms with Crippen LogP contribution < -0.4 is 0 Å². The molecule has 0 aromatic carbocycles. The first-order chi connectivity index (χ1) is 7.09. The first kappa shape index (κ1) is 9.32. The molecule has 0 spiro atoms. The highest BCUT2D eigenvalue weighted by molar-refractivity contribution is 5.76. The number of aromatic nitrogens is 1. The smallest absolute Gasteiger partial charge is 0.415 e. The summed E-state index contributed by atoms with van der Waals surface area (Å²) in [6.07, 6.45) is 2.10. The molecule has 0 fully saturated rings. The number of rotatable bonds is 0. The van der Waals surface area contributed by atoms with Crippen LogP contribution in [-0.4, -0.2) is 31.9 Å². The second kappa shape index (κ2) is 3.16. The molecule has 0 saturated heterocycles. The number of hydrogen-bond donors (Lipinski definition) is 2. The van der Waals surface area contributed by atoms with Gasteiger partial charge < -0.3 is 10.2 Å². The van der Waals surface area contributed by atoms with E-state index in [1.807, 2.05) is 0 Å². The van der Waals surface area contributed by atoms with Crippen molar-refractivity contribution >= 4 is 18.3 Å². The molecule has 0 unspecified atom stereocenters. The van der Waals surface area contributed by atoms with E-state index in [1.54, 1.807) is 6.07 Å². The summed E-state index contributed by atoms with van der Waals surface area (Å²) in [5, 5.41) is 17.5. The summed E-state index contributed by atoms with van der Waals surface area (Å²) in [5.41, 5.74) is 1.20. The lowest BCUT2D eigenvalue weighted by atomic mass is 10.2. The van der Waals surface area contributed by atoms with Crippen LogP contribution in [0, 0.1) is 0 Å². The third-order valence-corrected chi connectivity index (χ3v) is 2.22. The minimum absolute atomic E-state index is 0.182. The monoisotopic (exact) mass is 208 g/mol. The highest BCUT2D eigenvalue weighted by Crippen LogP contribution is 2.20. The van der Waals surface area contributed by atoms with E-state index in [0.29, 0.717) is 11.3 Å². The molecule has 2 heterocycles. The zero-order valence-electron chi connectivity index (χ0n) is 7.62. The van der Waals surface area contributed by atoms with Gasteiger partial charge in [-0.25, -0.2) is 9.59 Å². The Hall–Kier alpha value is -2.24. The summed E-state index contributed by atoms with van der Waals surface area (Å²) in [4.78, 5) is 22.5. The van der Waals surface area contributed by atoms with Gasteiger partial charge in [-0.3, -0.25) is 9.47 Å². The number of amides is 1. The summed E-state index contributed by atoms with van der Waals surface area (Å²) in [6, 6.07) is 1.60. The maximum atomic E-state index is 10.7. The Morgan fingerprint density at radius 3 is 2.60 bits per heavy atom. The van der Waals surface area contributed by atoms with E-state index in [2.05, 4.69) is 0 Å². The van der Waals surface area contributed by atoms with Gasteiger partial charge in [-0.05, 0) is 17.7 Å². The minimum atomic E-state index is -1.08. The summed E-state index contributed by atoms with van der Waals surface area (Å²) in [5.74, 6) is 0. The standard InChI is InChI=1S/C9H8N2O4/c12-8(13)10-3-2-7-6(5-10)1-4-11(7)9(14)15/h1-4H,5H2,(H,12,13)(H,14,15). The zero-order chi connectivity index (χ0) is 11.0. The van der Waals surface area contributed by atoms with Gasteiger partial charge in [-0.2, -0.15) is 0 Å². The fourth-order valence-corrected chi connectivity index (χ4v) is 1.50. The predicted octanol–water partition coefficient (Wildman–Crippen LogP) is 1.48. The molecule has 0 radical (unpaired) electrons. The van der Waals surface area contributed by atoms with Crippen LogP contribution in [0.4, 0.5) is 9.59 Å². The molecule has 1 amide bonds. The Morgan fingerprint density at radius 2 is 2.00 bits per heavy atom. The Labute approximate surface area is 84.7 Å². The van der Waals surface area contributed by atoms with Crippen LogP contribution >= 0.6 is 0 Å². The summed E-state index contributed by atoms with van der Waals surface area (Å²) in [7, 11) is 0. The number of carboxylic acid groups (broad SMARTS) is 2. The van der Waals surface area contributed by atoms with Crippen molar-refractivity contribution in [3.63, 3.8) is 0 Å². The van der Waals surface area contributed by atoms with Crippen molar-refractivity contribution in [1.82, 2.24) is 9.47 Å². The molecule has 1 aliphatic rings. The van der Waals surface area contributed by atoms with Crippen LogP contribution in [0.25, 0.3) is 6.08 Å². The molecule has 0 saturated carbocycles. The second-order valence-corrected chi connectivity index (χ2v) is 3.11. The first-order valence-corrected chi connectivity index (χ1v) is 4.21. The van der Waals surface area contributed by atoms with Crippen molar-refractivity contribution in [3.05, 3.63) is 29.7 Å². The molecule has 0 bridgehead atoms. The number of nitrogens with zero attached hydrogens (tertiary/aromatic N) is 2. The number of fused-ring (bicyclic) bond motifs is 1. The highest BCUT2D eigenvalue weighted by atomic mass is 16.4. The van der Waals surface area contributed by atoms with Crippen LogP contribution in [0.2, 0.25) is 0 Å². The van der Waals surface area contributed by atoms with E-state index in [0.717, 1.165) is 9.47 Å². The molecule has 6 nitrogen and oxygen atoms in total. The second-order valence-electron chi connectivity index (χ2n) is 3.11. The summed E-state index contributed by atoms with van der Waals surface area (Å²) < 4.78 is 1.06. The molecule has 1 aromatic rings. The van der Waals surface area contributed by atoms with E-state index in [-0.39, 0.29) is 6.54 Å². The van der Waals surface area contributed by atoms with Crippen LogP contribution in [-0.2, 0) is 6.54 Å². The third kappa shape index (κ3) is 1.45. The largest absolute Gasteiger partial charge is 0.465 e. The Balaban J connectivity index is 2.38. The van der Waals surface area contributed by atoms with Crippen LogP contribution in [0.1, 0.15) is 11.3 Å². The van der Waals surface area contributed by atoms with Gasteiger partial charge in [0.2, 0.25) is 0 Å². The van der Waals surface area contributed by atoms with E-state index in [9.17, 15) is 9.59 Å². The number of hydrogen-bond acceptors (Lipinski definition) is 2. The van der Waals surface area contributed by atoms with Gasteiger partial charge >= 0.3 is 12.2 Å². The van der Waals surface area contributed by atoms with Crippen molar-refractivity contribution in [2.75, 3.05) is 0 Å². The molecule has 2 N–H and O–H groups in total. The van der Waals surface area contributed by atoms with Crippen LogP contribution in [0.3, 0.4) is 0 Å². The van der Waals surface area contributed by atoms with Crippen molar-refractivity contribution in [2.24, 2.45) is 0 Å². The quantitative estimate of drug-likeness (QED) is 0.676. The van der Waals surface area contributed by atoms with Gasteiger partial charge in [-0.15, -0.1) is 0 Å². The lowest BCUT2D eigenvalue weighted by Gasteiger charge is -2.18. The van der Waals surface area contributed by atoms with Crippen molar-refractivity contribution in [2.45, 2.75) is 6.54 Å². The molecule has 0 atom stereocenters. The molecule has 15 heavy (non-hydrogen) atoms. The van der Waals surface area contributed by atoms with Crippen molar-refractivity contribution in [3.8, 4) is 0 Å². The predicted molar refractivity (Wildman–Crippen MR) is 50.5 cm³/mol. The molecular weight excluding hydrogens is 200 g/mol. The molecule has 2 rings (SSSR count). The minimum Gasteiger partial charge on any atom is -0.465 e. The Bertz CT molecular complexity index is 461. The molecule has 1 aliphatic heterocycles. The van der Waals surface area contributed by atoms with Gasteiger partial charge in [0.15, 0.2) is 0 Å². The topological polar surface area (TPSA) is 82.8 Å². The Kier molecular flexibility index (Phi) is 1.96. The molecular formula is C9H8N2O4. The van der Waals surface area contributed by atoms with E-state index in [4.69, 9.17) is 10.2 Å². The average Bonchev–Trinajstić information content (AvgIpc) is 2.59.